The van der Waals surface area contributed by atoms with E-state index in [-0.39, 0.29) is 5.57 Å². The van der Waals surface area contributed by atoms with Gasteiger partial charge in [-0.25, -0.2) is 4.79 Å². The molecule has 0 aromatic rings. The number of nitrogens with zero attached hydrogens (tertiary/aromatic N) is 2. The Balaban J connectivity index is 2.56. The second kappa shape index (κ2) is 9.67. The van der Waals surface area contributed by atoms with Crippen LogP contribution in [0, 0.1) is 17.2 Å². The minimum absolute atomic E-state index is 0.0262. The third-order valence-corrected chi connectivity index (χ3v) is 3.55. The summed E-state index contributed by atoms with van der Waals surface area (Å²) in [6, 6.07) is 1.87. The van der Waals surface area contributed by atoms with Crippen LogP contribution in [0.4, 0.5) is 0 Å². The van der Waals surface area contributed by atoms with Gasteiger partial charge in [-0.3, -0.25) is 0 Å². The summed E-state index contributed by atoms with van der Waals surface area (Å²) in [5, 5.41) is 9.08. The van der Waals surface area contributed by atoms with E-state index in [4.69, 9.17) is 14.7 Å². The second-order valence-corrected chi connectivity index (χ2v) is 5.23. The van der Waals surface area contributed by atoms with E-state index < -0.39 is 5.97 Å². The predicted octanol–water partition coefficient (Wildman–Crippen LogP) is 3.47. The van der Waals surface area contributed by atoms with Gasteiger partial charge in [-0.15, -0.1) is 0 Å². The number of hydrogen-bond donors (Lipinski definition) is 0. The molecule has 1 rings (SSSR count). The van der Waals surface area contributed by atoms with Gasteiger partial charge < -0.3 is 14.4 Å². The number of carbonyl (C=O) groups excluding carboxylic acids is 1. The molecular weight excluding hydrogens is 280 g/mol. The minimum atomic E-state index is -0.581. The first kappa shape index (κ1) is 17.8. The molecule has 0 fully saturated rings. The fourth-order valence-electron chi connectivity index (χ4n) is 1.98. The Morgan fingerprint density at radius 2 is 2.32 bits per heavy atom. The van der Waals surface area contributed by atoms with E-state index in [9.17, 15) is 4.79 Å². The Morgan fingerprint density at radius 3 is 2.86 bits per heavy atom. The van der Waals surface area contributed by atoms with Crippen molar-refractivity contribution in [1.82, 2.24) is 4.90 Å². The van der Waals surface area contributed by atoms with E-state index in [1.807, 2.05) is 13.1 Å². The maximum absolute atomic E-state index is 11.9. The Labute approximate surface area is 132 Å². The highest BCUT2D eigenvalue weighted by Crippen LogP contribution is 2.15. The lowest BCUT2D eigenvalue weighted by Crippen LogP contribution is -2.15. The molecule has 0 bridgehead atoms. The van der Waals surface area contributed by atoms with Gasteiger partial charge in [-0.2, -0.15) is 5.26 Å². The smallest absolute Gasteiger partial charge is 0.348 e. The van der Waals surface area contributed by atoms with Crippen LogP contribution in [0.25, 0.3) is 0 Å². The summed E-state index contributed by atoms with van der Waals surface area (Å²) in [6.45, 7) is 4.59. The Bertz CT molecular complexity index is 501. The summed E-state index contributed by atoms with van der Waals surface area (Å²) in [5.41, 5.74) is -0.0262. The lowest BCUT2D eigenvalue weighted by molar-refractivity contribution is -0.140. The van der Waals surface area contributed by atoms with E-state index in [0.29, 0.717) is 18.4 Å². The van der Waals surface area contributed by atoms with Crippen molar-refractivity contribution in [2.24, 2.45) is 5.92 Å². The summed E-state index contributed by atoms with van der Waals surface area (Å²) < 4.78 is 10.5. The molecule has 1 atom stereocenters. The lowest BCUT2D eigenvalue weighted by Gasteiger charge is -2.14. The number of unbranched alkanes of at least 4 members (excludes halogenated alkanes) is 1. The summed E-state index contributed by atoms with van der Waals surface area (Å²) in [7, 11) is 1.81. The lowest BCUT2D eigenvalue weighted by atomic mass is 10.0. The molecule has 0 saturated heterocycles. The van der Waals surface area contributed by atoms with E-state index in [2.05, 4.69) is 13.8 Å². The van der Waals surface area contributed by atoms with E-state index in [1.165, 1.54) is 12.3 Å². The van der Waals surface area contributed by atoms with Crippen LogP contribution in [0.3, 0.4) is 0 Å². The van der Waals surface area contributed by atoms with Gasteiger partial charge in [0.25, 0.3) is 0 Å². The highest BCUT2D eigenvalue weighted by molar-refractivity contribution is 5.93. The molecule has 120 valence electrons. The highest BCUT2D eigenvalue weighted by atomic mass is 16.5. The van der Waals surface area contributed by atoms with Crippen LogP contribution >= 0.6 is 0 Å². The third-order valence-electron chi connectivity index (χ3n) is 3.55. The molecule has 22 heavy (non-hydrogen) atoms. The Kier molecular flexibility index (Phi) is 7.84. The molecule has 0 spiro atoms. The zero-order valence-corrected chi connectivity index (χ0v) is 13.5. The van der Waals surface area contributed by atoms with Gasteiger partial charge in [-0.1, -0.05) is 33.1 Å². The van der Waals surface area contributed by atoms with Crippen LogP contribution in [0.15, 0.2) is 36.1 Å². The Morgan fingerprint density at radius 1 is 1.55 bits per heavy atom. The zero-order chi connectivity index (χ0) is 16.4. The molecule has 0 aliphatic carbocycles. The number of esters is 1. The molecule has 5 nitrogen and oxygen atoms in total. The summed E-state index contributed by atoms with van der Waals surface area (Å²) >= 11 is 0. The molecule has 0 aromatic carbocycles. The van der Waals surface area contributed by atoms with E-state index >= 15 is 0 Å². The predicted molar refractivity (Wildman–Crippen MR) is 84.0 cm³/mol. The molecule has 1 aliphatic heterocycles. The van der Waals surface area contributed by atoms with Crippen molar-refractivity contribution in [1.29, 1.82) is 5.26 Å². The number of nitriles is 1. The fourth-order valence-corrected chi connectivity index (χ4v) is 1.98. The summed E-state index contributed by atoms with van der Waals surface area (Å²) in [5.74, 6) is 0.327. The normalized spacial score (nSPS) is 17.3. The standard InChI is InChI=1S/C17H24N2O3/c1-4-6-7-14(5-2)13-22-17(20)15(12-18)8-9-16-19(3)10-11-21-16/h8-11,14H,4-7,13H2,1-3H3/b15-8+,16-9-/t14-/m1/s1. The molecule has 1 aliphatic rings. The van der Waals surface area contributed by atoms with Crippen LogP contribution < -0.4 is 0 Å². The second-order valence-electron chi connectivity index (χ2n) is 5.23. The first-order valence-electron chi connectivity index (χ1n) is 7.67. The number of carbonyl (C=O) groups is 1. The molecular formula is C17H24N2O3. The number of rotatable bonds is 8. The van der Waals surface area contributed by atoms with Crippen LogP contribution in [-0.4, -0.2) is 24.5 Å². The van der Waals surface area contributed by atoms with Crippen molar-refractivity contribution in [2.45, 2.75) is 39.5 Å². The number of allylic oxidation sites excluding steroid dienone is 2. The molecule has 0 radical (unpaired) electrons. The molecule has 0 amide bonds. The van der Waals surface area contributed by atoms with Crippen molar-refractivity contribution in [3.63, 3.8) is 0 Å². The topological polar surface area (TPSA) is 62.6 Å². The van der Waals surface area contributed by atoms with Crippen molar-refractivity contribution >= 4 is 5.97 Å². The maximum atomic E-state index is 11.9. The summed E-state index contributed by atoms with van der Waals surface area (Å²) in [4.78, 5) is 13.7. The van der Waals surface area contributed by atoms with Gasteiger partial charge in [-0.05, 0) is 18.4 Å². The monoisotopic (exact) mass is 304 g/mol. The quantitative estimate of drug-likeness (QED) is 0.390. The van der Waals surface area contributed by atoms with Gasteiger partial charge in [0, 0.05) is 19.3 Å². The number of hydrogen-bond acceptors (Lipinski definition) is 5. The summed E-state index contributed by atoms with van der Waals surface area (Å²) in [6.07, 6.45) is 10.5. The number of ether oxygens (including phenoxy) is 2. The van der Waals surface area contributed by atoms with Crippen molar-refractivity contribution in [2.75, 3.05) is 13.7 Å². The van der Waals surface area contributed by atoms with Gasteiger partial charge >= 0.3 is 5.97 Å². The first-order chi connectivity index (χ1) is 10.6. The van der Waals surface area contributed by atoms with E-state index in [1.54, 1.807) is 17.2 Å². The largest absolute Gasteiger partial charge is 0.461 e. The highest BCUT2D eigenvalue weighted by Gasteiger charge is 2.14. The minimum Gasteiger partial charge on any atom is -0.461 e. The molecule has 0 saturated carbocycles. The maximum Gasteiger partial charge on any atom is 0.348 e. The fraction of sp³-hybridized carbons (Fsp3) is 0.529. The van der Waals surface area contributed by atoms with Gasteiger partial charge in [0.15, 0.2) is 5.88 Å². The Hall–Kier alpha value is -2.22. The van der Waals surface area contributed by atoms with Crippen LogP contribution in [-0.2, 0) is 14.3 Å². The zero-order valence-electron chi connectivity index (χ0n) is 13.5. The average Bonchev–Trinajstić information content (AvgIpc) is 2.93. The van der Waals surface area contributed by atoms with Gasteiger partial charge in [0.1, 0.15) is 17.9 Å². The molecule has 0 aromatic heterocycles. The molecule has 5 heteroatoms. The van der Waals surface area contributed by atoms with Crippen molar-refractivity contribution in [3.8, 4) is 6.07 Å². The first-order valence-corrected chi connectivity index (χ1v) is 7.67. The van der Waals surface area contributed by atoms with Crippen LogP contribution in [0.5, 0.6) is 0 Å². The molecule has 0 N–H and O–H groups in total. The molecule has 1 heterocycles. The van der Waals surface area contributed by atoms with E-state index in [0.717, 1.165) is 25.7 Å². The SMILES string of the molecule is CCCC[C@@H](CC)COC(=O)/C(C#N)=C/C=C1\OC=CN1C. The van der Waals surface area contributed by atoms with Crippen LogP contribution in [0.1, 0.15) is 39.5 Å². The van der Waals surface area contributed by atoms with Crippen molar-refractivity contribution in [3.05, 3.63) is 36.1 Å². The van der Waals surface area contributed by atoms with Crippen molar-refractivity contribution < 1.29 is 14.3 Å². The third kappa shape index (κ3) is 5.65. The average molecular weight is 304 g/mol. The molecule has 0 unspecified atom stereocenters. The van der Waals surface area contributed by atoms with Crippen LogP contribution in [0.2, 0.25) is 0 Å². The van der Waals surface area contributed by atoms with Gasteiger partial charge in [0.2, 0.25) is 0 Å². The van der Waals surface area contributed by atoms with Gasteiger partial charge in [0.05, 0.1) is 6.61 Å².